The van der Waals surface area contributed by atoms with Crippen molar-refractivity contribution in [1.82, 2.24) is 5.32 Å². The van der Waals surface area contributed by atoms with E-state index in [1.54, 1.807) is 13.1 Å². The Labute approximate surface area is 122 Å². The molecule has 0 aromatic heterocycles. The summed E-state index contributed by atoms with van der Waals surface area (Å²) in [6, 6.07) is 4.44. The number of nitro benzene ring substituents is 1. The van der Waals surface area contributed by atoms with Crippen molar-refractivity contribution in [1.29, 1.82) is 0 Å². The molecule has 2 rings (SSSR count). The van der Waals surface area contributed by atoms with Crippen LogP contribution >= 0.6 is 0 Å². The summed E-state index contributed by atoms with van der Waals surface area (Å²) in [6.45, 7) is 4.41. The van der Waals surface area contributed by atoms with Crippen LogP contribution in [0.3, 0.4) is 0 Å². The minimum absolute atomic E-state index is 0.0989. The number of hydrogen-bond donors (Lipinski definition) is 2. The van der Waals surface area contributed by atoms with Crippen molar-refractivity contribution in [3.8, 4) is 0 Å². The molecule has 1 fully saturated rings. The zero-order chi connectivity index (χ0) is 15.6. The number of anilines is 1. The van der Waals surface area contributed by atoms with Gasteiger partial charge in [-0.05, 0) is 26.3 Å². The minimum Gasteiger partial charge on any atom is -0.382 e. The Bertz CT molecular complexity index is 575. The fraction of sp³-hybridized carbons (Fsp3) is 0.500. The van der Waals surface area contributed by atoms with E-state index in [4.69, 9.17) is 4.74 Å². The highest BCUT2D eigenvalue weighted by Crippen LogP contribution is 2.30. The largest absolute Gasteiger partial charge is 0.382 e. The Morgan fingerprint density at radius 2 is 2.24 bits per heavy atom. The van der Waals surface area contributed by atoms with E-state index in [0.717, 1.165) is 0 Å². The molecule has 2 unspecified atom stereocenters. The van der Waals surface area contributed by atoms with Gasteiger partial charge in [0.1, 0.15) is 5.69 Å². The predicted molar refractivity (Wildman–Crippen MR) is 78.5 cm³/mol. The number of carbonyl (C=O) groups excluding carboxylic acids is 1. The molecule has 1 aromatic carbocycles. The third-order valence-electron chi connectivity index (χ3n) is 4.02. The van der Waals surface area contributed by atoms with Crippen molar-refractivity contribution >= 4 is 17.3 Å². The molecular weight excluding hydrogens is 274 g/mol. The zero-order valence-electron chi connectivity index (χ0n) is 12.3. The topological polar surface area (TPSA) is 93.5 Å². The smallest absolute Gasteiger partial charge is 0.293 e. The lowest BCUT2D eigenvalue weighted by atomic mass is 9.94. The number of carbonyl (C=O) groups is 1. The van der Waals surface area contributed by atoms with E-state index in [1.165, 1.54) is 12.1 Å². The Hall–Kier alpha value is -2.15. The molecule has 0 bridgehead atoms. The molecule has 7 nitrogen and oxygen atoms in total. The van der Waals surface area contributed by atoms with E-state index in [-0.39, 0.29) is 28.9 Å². The van der Waals surface area contributed by atoms with Crippen LogP contribution in [0.1, 0.15) is 30.6 Å². The van der Waals surface area contributed by atoms with Crippen molar-refractivity contribution in [2.45, 2.75) is 31.9 Å². The molecule has 1 saturated heterocycles. The number of nitrogens with zero attached hydrogens (tertiary/aromatic N) is 1. The van der Waals surface area contributed by atoms with Crippen LogP contribution < -0.4 is 10.6 Å². The Morgan fingerprint density at radius 3 is 2.76 bits per heavy atom. The van der Waals surface area contributed by atoms with Crippen LogP contribution in [0.15, 0.2) is 18.2 Å². The predicted octanol–water partition coefficient (Wildman–Crippen LogP) is 1.93. The molecule has 0 saturated carbocycles. The number of rotatable bonds is 4. The molecule has 1 aliphatic heterocycles. The number of para-hydroxylation sites is 1. The first-order valence-corrected chi connectivity index (χ1v) is 6.78. The van der Waals surface area contributed by atoms with Crippen molar-refractivity contribution < 1.29 is 14.5 Å². The van der Waals surface area contributed by atoms with Gasteiger partial charge in [-0.2, -0.15) is 0 Å². The van der Waals surface area contributed by atoms with Gasteiger partial charge in [0.05, 0.1) is 22.1 Å². The highest BCUT2D eigenvalue weighted by molar-refractivity contribution is 6.02. The van der Waals surface area contributed by atoms with Crippen LogP contribution in [0.5, 0.6) is 0 Å². The maximum atomic E-state index is 12.5. The third kappa shape index (κ3) is 2.82. The second kappa shape index (κ2) is 5.69. The zero-order valence-corrected chi connectivity index (χ0v) is 12.3. The molecule has 1 aromatic rings. The van der Waals surface area contributed by atoms with Gasteiger partial charge in [0, 0.05) is 19.7 Å². The molecule has 2 N–H and O–H groups in total. The number of nitro groups is 1. The summed E-state index contributed by atoms with van der Waals surface area (Å²) in [5, 5.41) is 16.7. The lowest BCUT2D eigenvalue weighted by Crippen LogP contribution is -2.50. The maximum Gasteiger partial charge on any atom is 0.293 e. The van der Waals surface area contributed by atoms with Crippen molar-refractivity contribution in [2.24, 2.45) is 0 Å². The second-order valence-electron chi connectivity index (χ2n) is 5.34. The summed E-state index contributed by atoms with van der Waals surface area (Å²) in [7, 11) is 1.56. The lowest BCUT2D eigenvalue weighted by Gasteiger charge is -2.29. The SMILES string of the molecule is CNc1c(C(=O)NC2(C)CCOC2C)cccc1[N+](=O)[O-]. The Balaban J connectivity index is 2.31. The van der Waals surface area contributed by atoms with E-state index in [2.05, 4.69) is 10.6 Å². The number of benzene rings is 1. The summed E-state index contributed by atoms with van der Waals surface area (Å²) in [4.78, 5) is 23.0. The van der Waals surface area contributed by atoms with E-state index in [9.17, 15) is 14.9 Å². The van der Waals surface area contributed by atoms with Gasteiger partial charge >= 0.3 is 0 Å². The molecule has 0 spiro atoms. The van der Waals surface area contributed by atoms with Gasteiger partial charge in [0.15, 0.2) is 0 Å². The third-order valence-corrected chi connectivity index (χ3v) is 4.02. The lowest BCUT2D eigenvalue weighted by molar-refractivity contribution is -0.384. The Morgan fingerprint density at radius 1 is 1.52 bits per heavy atom. The number of ether oxygens (including phenoxy) is 1. The van der Waals surface area contributed by atoms with Gasteiger partial charge in [0.2, 0.25) is 0 Å². The quantitative estimate of drug-likeness (QED) is 0.653. The first kappa shape index (κ1) is 15.2. The van der Waals surface area contributed by atoms with Gasteiger partial charge in [-0.3, -0.25) is 14.9 Å². The van der Waals surface area contributed by atoms with Crippen LogP contribution in [0, 0.1) is 10.1 Å². The molecular formula is C14H19N3O4. The summed E-state index contributed by atoms with van der Waals surface area (Å²) < 4.78 is 5.49. The summed E-state index contributed by atoms with van der Waals surface area (Å²) in [5.74, 6) is -0.345. The summed E-state index contributed by atoms with van der Waals surface area (Å²) >= 11 is 0. The van der Waals surface area contributed by atoms with Crippen molar-refractivity contribution in [2.75, 3.05) is 19.0 Å². The standard InChI is InChI=1S/C14H19N3O4/c1-9-14(2,7-8-21-9)16-13(18)10-5-4-6-11(17(19)20)12(10)15-3/h4-6,9,15H,7-8H2,1-3H3,(H,16,18). The average Bonchev–Trinajstić information content (AvgIpc) is 2.77. The first-order valence-electron chi connectivity index (χ1n) is 6.78. The van der Waals surface area contributed by atoms with Gasteiger partial charge in [-0.15, -0.1) is 0 Å². The number of amides is 1. The van der Waals surface area contributed by atoms with Crippen molar-refractivity contribution in [3.63, 3.8) is 0 Å². The first-order chi connectivity index (χ1) is 9.89. The van der Waals surface area contributed by atoms with E-state index in [0.29, 0.717) is 13.0 Å². The minimum atomic E-state index is -0.508. The highest BCUT2D eigenvalue weighted by Gasteiger charge is 2.39. The molecule has 21 heavy (non-hydrogen) atoms. The van der Waals surface area contributed by atoms with Gasteiger partial charge in [0.25, 0.3) is 11.6 Å². The number of hydrogen-bond acceptors (Lipinski definition) is 5. The summed E-state index contributed by atoms with van der Waals surface area (Å²) in [6.07, 6.45) is 0.613. The Kier molecular flexibility index (Phi) is 4.13. The molecule has 1 heterocycles. The molecule has 0 aliphatic carbocycles. The van der Waals surface area contributed by atoms with Gasteiger partial charge in [-0.25, -0.2) is 0 Å². The summed E-state index contributed by atoms with van der Waals surface area (Å²) in [5.41, 5.74) is -0.111. The van der Waals surface area contributed by atoms with Gasteiger partial charge in [-0.1, -0.05) is 6.07 Å². The van der Waals surface area contributed by atoms with E-state index in [1.807, 2.05) is 13.8 Å². The monoisotopic (exact) mass is 293 g/mol. The van der Waals surface area contributed by atoms with Crippen LogP contribution in [0.2, 0.25) is 0 Å². The maximum absolute atomic E-state index is 12.5. The molecule has 2 atom stereocenters. The van der Waals surface area contributed by atoms with Crippen LogP contribution in [0.25, 0.3) is 0 Å². The average molecular weight is 293 g/mol. The fourth-order valence-corrected chi connectivity index (χ4v) is 2.47. The molecule has 7 heteroatoms. The second-order valence-corrected chi connectivity index (χ2v) is 5.34. The van der Waals surface area contributed by atoms with Crippen molar-refractivity contribution in [3.05, 3.63) is 33.9 Å². The fourth-order valence-electron chi connectivity index (χ4n) is 2.47. The van der Waals surface area contributed by atoms with Crippen LogP contribution in [-0.2, 0) is 4.74 Å². The molecule has 1 aliphatic rings. The molecule has 1 amide bonds. The van der Waals surface area contributed by atoms with E-state index < -0.39 is 10.5 Å². The normalized spacial score (nSPS) is 24.6. The molecule has 114 valence electrons. The highest BCUT2D eigenvalue weighted by atomic mass is 16.6. The number of nitrogens with one attached hydrogen (secondary N) is 2. The van der Waals surface area contributed by atoms with Crippen LogP contribution in [0.4, 0.5) is 11.4 Å². The van der Waals surface area contributed by atoms with Crippen LogP contribution in [-0.4, -0.2) is 36.1 Å². The van der Waals surface area contributed by atoms with E-state index >= 15 is 0 Å². The van der Waals surface area contributed by atoms with Gasteiger partial charge < -0.3 is 15.4 Å². The molecule has 0 radical (unpaired) electrons.